The molecule has 2 heterocycles. The predicted molar refractivity (Wildman–Crippen MR) is 58.6 cm³/mol. The van der Waals surface area contributed by atoms with Crippen LogP contribution in [0.2, 0.25) is 0 Å². The Morgan fingerprint density at radius 3 is 2.93 bits per heavy atom. The second kappa shape index (κ2) is 3.82. The Balaban J connectivity index is 2.06. The Bertz CT molecular complexity index is 312. The van der Waals surface area contributed by atoms with E-state index in [0.717, 1.165) is 30.5 Å². The average Bonchev–Trinajstić information content (AvgIpc) is 2.57. The molecule has 0 aliphatic carbocycles. The summed E-state index contributed by atoms with van der Waals surface area (Å²) in [5.41, 5.74) is 6.03. The summed E-state index contributed by atoms with van der Waals surface area (Å²) in [6.45, 7) is 6.11. The maximum atomic E-state index is 6.03. The zero-order chi connectivity index (χ0) is 10.1. The van der Waals surface area contributed by atoms with E-state index in [0.29, 0.717) is 5.92 Å². The van der Waals surface area contributed by atoms with E-state index in [1.807, 2.05) is 6.92 Å². The number of rotatable bonds is 1. The molecule has 14 heavy (non-hydrogen) atoms. The van der Waals surface area contributed by atoms with Gasteiger partial charge >= 0.3 is 0 Å². The van der Waals surface area contributed by atoms with E-state index in [9.17, 15) is 0 Å². The van der Waals surface area contributed by atoms with Gasteiger partial charge in [-0.25, -0.2) is 4.98 Å². The largest absolute Gasteiger partial charge is 0.345 e. The molecule has 0 saturated carbocycles. The second-order valence-electron chi connectivity index (χ2n) is 4.00. The van der Waals surface area contributed by atoms with Gasteiger partial charge in [-0.05, 0) is 19.3 Å². The first kappa shape index (κ1) is 9.86. The van der Waals surface area contributed by atoms with Crippen LogP contribution >= 0.6 is 11.5 Å². The summed E-state index contributed by atoms with van der Waals surface area (Å²) in [7, 11) is 0. The van der Waals surface area contributed by atoms with E-state index in [1.54, 1.807) is 0 Å². The normalized spacial score (nSPS) is 28.1. The first-order valence-electron chi connectivity index (χ1n) is 4.97. The van der Waals surface area contributed by atoms with Crippen LogP contribution in [0, 0.1) is 12.8 Å². The molecule has 0 spiro atoms. The van der Waals surface area contributed by atoms with Crippen molar-refractivity contribution in [2.45, 2.75) is 26.3 Å². The molecule has 0 bridgehead atoms. The van der Waals surface area contributed by atoms with Crippen LogP contribution in [0.5, 0.6) is 0 Å². The zero-order valence-electron chi connectivity index (χ0n) is 8.60. The summed E-state index contributed by atoms with van der Waals surface area (Å²) in [4.78, 5) is 6.62. The van der Waals surface area contributed by atoms with Crippen molar-refractivity contribution in [1.29, 1.82) is 0 Å². The van der Waals surface area contributed by atoms with Crippen molar-refractivity contribution in [3.63, 3.8) is 0 Å². The van der Waals surface area contributed by atoms with Gasteiger partial charge in [-0.3, -0.25) is 0 Å². The smallest absolute Gasteiger partial charge is 0.205 e. The molecule has 0 radical (unpaired) electrons. The maximum Gasteiger partial charge on any atom is 0.205 e. The molecule has 2 atom stereocenters. The van der Waals surface area contributed by atoms with Crippen LogP contribution < -0.4 is 10.6 Å². The van der Waals surface area contributed by atoms with Gasteiger partial charge in [0.15, 0.2) is 0 Å². The van der Waals surface area contributed by atoms with Crippen molar-refractivity contribution < 1.29 is 0 Å². The number of hydrogen-bond donors (Lipinski definition) is 1. The van der Waals surface area contributed by atoms with Crippen molar-refractivity contribution in [3.8, 4) is 0 Å². The lowest BCUT2D eigenvalue weighted by Gasteiger charge is -2.34. The summed E-state index contributed by atoms with van der Waals surface area (Å²) in [6.07, 6.45) is 1.15. The van der Waals surface area contributed by atoms with Gasteiger partial charge in [-0.15, -0.1) is 0 Å². The van der Waals surface area contributed by atoms with Gasteiger partial charge in [0.1, 0.15) is 5.82 Å². The number of piperidine rings is 1. The number of aryl methyl sites for hydroxylation is 1. The molecule has 1 fully saturated rings. The third-order valence-electron chi connectivity index (χ3n) is 2.80. The highest BCUT2D eigenvalue weighted by molar-refractivity contribution is 7.09. The van der Waals surface area contributed by atoms with E-state index in [4.69, 9.17) is 5.73 Å². The van der Waals surface area contributed by atoms with Gasteiger partial charge in [0.2, 0.25) is 5.13 Å². The molecular weight excluding hydrogens is 196 g/mol. The van der Waals surface area contributed by atoms with Crippen LogP contribution in [0.4, 0.5) is 5.13 Å². The fraction of sp³-hybridized carbons (Fsp3) is 0.778. The standard InChI is InChI=1S/C9H16N4S/c1-6-3-4-13(5-8(6)10)9-11-7(2)12-14-9/h6,8H,3-5,10H2,1-2H3. The van der Waals surface area contributed by atoms with Gasteiger partial charge in [0.25, 0.3) is 0 Å². The van der Waals surface area contributed by atoms with Crippen molar-refractivity contribution in [3.05, 3.63) is 5.82 Å². The molecule has 2 rings (SSSR count). The molecule has 0 aromatic carbocycles. The molecule has 1 aliphatic heterocycles. The Morgan fingerprint density at radius 2 is 2.36 bits per heavy atom. The minimum Gasteiger partial charge on any atom is -0.345 e. The van der Waals surface area contributed by atoms with Crippen LogP contribution in [0.25, 0.3) is 0 Å². The third-order valence-corrected chi connectivity index (χ3v) is 3.67. The Labute approximate surface area is 88.3 Å². The summed E-state index contributed by atoms with van der Waals surface area (Å²) in [6, 6.07) is 0.271. The van der Waals surface area contributed by atoms with E-state index < -0.39 is 0 Å². The topological polar surface area (TPSA) is 55.0 Å². The minimum absolute atomic E-state index is 0.271. The van der Waals surface area contributed by atoms with Crippen LogP contribution in [0.3, 0.4) is 0 Å². The monoisotopic (exact) mass is 212 g/mol. The Morgan fingerprint density at radius 1 is 1.57 bits per heavy atom. The highest BCUT2D eigenvalue weighted by atomic mass is 32.1. The Kier molecular flexibility index (Phi) is 2.69. The SMILES string of the molecule is Cc1nsc(N2CCC(C)C(N)C2)n1. The third kappa shape index (κ3) is 1.88. The second-order valence-corrected chi connectivity index (χ2v) is 4.73. The van der Waals surface area contributed by atoms with Crippen LogP contribution in [-0.4, -0.2) is 28.5 Å². The number of hydrogen-bond acceptors (Lipinski definition) is 5. The lowest BCUT2D eigenvalue weighted by Crippen LogP contribution is -2.47. The summed E-state index contributed by atoms with van der Waals surface area (Å²) in [5.74, 6) is 1.48. The lowest BCUT2D eigenvalue weighted by molar-refractivity contribution is 0.379. The van der Waals surface area contributed by atoms with Crippen LogP contribution in [0.15, 0.2) is 0 Å². The summed E-state index contributed by atoms with van der Waals surface area (Å²) >= 11 is 1.47. The molecule has 4 nitrogen and oxygen atoms in total. The zero-order valence-corrected chi connectivity index (χ0v) is 9.42. The van der Waals surface area contributed by atoms with Crippen molar-refractivity contribution in [2.24, 2.45) is 11.7 Å². The van der Waals surface area contributed by atoms with Crippen molar-refractivity contribution in [1.82, 2.24) is 9.36 Å². The van der Waals surface area contributed by atoms with Crippen molar-refractivity contribution >= 4 is 16.7 Å². The van der Waals surface area contributed by atoms with E-state index in [1.165, 1.54) is 11.5 Å². The molecule has 2 unspecified atom stereocenters. The van der Waals surface area contributed by atoms with E-state index in [-0.39, 0.29) is 6.04 Å². The summed E-state index contributed by atoms with van der Waals surface area (Å²) in [5, 5.41) is 1.02. The van der Waals surface area contributed by atoms with Gasteiger partial charge in [-0.1, -0.05) is 6.92 Å². The number of nitrogens with zero attached hydrogens (tertiary/aromatic N) is 3. The first-order valence-corrected chi connectivity index (χ1v) is 5.75. The first-order chi connectivity index (χ1) is 6.66. The fourth-order valence-electron chi connectivity index (χ4n) is 1.69. The minimum atomic E-state index is 0.271. The summed E-state index contributed by atoms with van der Waals surface area (Å²) < 4.78 is 4.18. The molecular formula is C9H16N4S. The molecule has 78 valence electrons. The maximum absolute atomic E-state index is 6.03. The van der Waals surface area contributed by atoms with Crippen LogP contribution in [-0.2, 0) is 0 Å². The fourth-order valence-corrected chi connectivity index (χ4v) is 2.40. The van der Waals surface area contributed by atoms with E-state index in [2.05, 4.69) is 21.2 Å². The quantitative estimate of drug-likeness (QED) is 0.755. The predicted octanol–water partition coefficient (Wildman–Crippen LogP) is 1.02. The molecule has 2 N–H and O–H groups in total. The Hall–Kier alpha value is -0.680. The molecule has 0 amide bonds. The van der Waals surface area contributed by atoms with Crippen LogP contribution in [0.1, 0.15) is 19.2 Å². The lowest BCUT2D eigenvalue weighted by atomic mass is 9.95. The van der Waals surface area contributed by atoms with Crippen molar-refractivity contribution in [2.75, 3.05) is 18.0 Å². The van der Waals surface area contributed by atoms with Gasteiger partial charge < -0.3 is 10.6 Å². The van der Waals surface area contributed by atoms with Gasteiger partial charge in [0.05, 0.1) is 0 Å². The highest BCUT2D eigenvalue weighted by Gasteiger charge is 2.24. The molecule has 1 aromatic rings. The molecule has 5 heteroatoms. The average molecular weight is 212 g/mol. The molecule has 1 saturated heterocycles. The highest BCUT2D eigenvalue weighted by Crippen LogP contribution is 2.23. The number of aromatic nitrogens is 2. The van der Waals surface area contributed by atoms with E-state index >= 15 is 0 Å². The molecule has 1 aliphatic rings. The molecule has 1 aromatic heterocycles. The number of anilines is 1. The van der Waals surface area contributed by atoms with Gasteiger partial charge in [-0.2, -0.15) is 4.37 Å². The van der Waals surface area contributed by atoms with Gasteiger partial charge in [0, 0.05) is 30.7 Å². The number of nitrogens with two attached hydrogens (primary N) is 1.